The van der Waals surface area contributed by atoms with Gasteiger partial charge in [0.05, 0.1) is 13.1 Å². The molecule has 0 aliphatic carbocycles. The summed E-state index contributed by atoms with van der Waals surface area (Å²) in [6.07, 6.45) is 0. The molecular weight excluding hydrogens is 282 g/mol. The molecule has 0 spiro atoms. The number of carbonyl (C=O) groups excluding carboxylic acids is 2. The van der Waals surface area contributed by atoms with Crippen molar-refractivity contribution in [2.45, 2.75) is 26.4 Å². The first-order valence-electron chi connectivity index (χ1n) is 7.40. The molecule has 0 saturated carbocycles. The third kappa shape index (κ3) is 5.37. The highest BCUT2D eigenvalue weighted by Gasteiger charge is 2.18. The van der Waals surface area contributed by atoms with E-state index in [0.29, 0.717) is 24.5 Å². The van der Waals surface area contributed by atoms with Crippen LogP contribution in [0.4, 0.5) is 5.69 Å². The summed E-state index contributed by atoms with van der Waals surface area (Å²) in [6.45, 7) is 7.66. The second kappa shape index (κ2) is 6.79. The summed E-state index contributed by atoms with van der Waals surface area (Å²) in [5.41, 5.74) is 0.400. The Kier molecular flexibility index (Phi) is 5.03. The van der Waals surface area contributed by atoms with E-state index in [0.717, 1.165) is 0 Å². The van der Waals surface area contributed by atoms with Gasteiger partial charge in [-0.25, -0.2) is 0 Å². The van der Waals surface area contributed by atoms with Gasteiger partial charge in [0.1, 0.15) is 11.4 Å². The number of nitrogens with one attached hydrogen (secondary N) is 2. The molecule has 2 rings (SSSR count). The van der Waals surface area contributed by atoms with Gasteiger partial charge in [0.25, 0.3) is 0 Å². The van der Waals surface area contributed by atoms with Crippen molar-refractivity contribution in [2.24, 2.45) is 0 Å². The Balaban J connectivity index is 1.91. The van der Waals surface area contributed by atoms with Crippen molar-refractivity contribution in [2.75, 3.05) is 31.5 Å². The number of benzene rings is 1. The number of piperazine rings is 1. The number of ether oxygens (including phenoxy) is 1. The minimum atomic E-state index is -0.288. The Hall–Kier alpha value is -2.08. The Labute approximate surface area is 130 Å². The summed E-state index contributed by atoms with van der Waals surface area (Å²) in [6, 6.07) is 7.31. The van der Waals surface area contributed by atoms with Gasteiger partial charge in [-0.2, -0.15) is 0 Å². The number of amides is 2. The van der Waals surface area contributed by atoms with Crippen LogP contribution >= 0.6 is 0 Å². The lowest BCUT2D eigenvalue weighted by Crippen LogP contribution is -2.49. The second-order valence-corrected chi connectivity index (χ2v) is 6.35. The fourth-order valence-electron chi connectivity index (χ4n) is 2.22. The maximum atomic E-state index is 12.1. The normalized spacial score (nSPS) is 16.0. The standard InChI is InChI=1S/C16H23N3O3/c1-16(2,3)22-13-6-4-5-12(9-13)18-15(21)11-19-8-7-17-14(20)10-19/h4-6,9H,7-8,10-11H2,1-3H3,(H,17,20)(H,18,21). The number of carbonyl (C=O) groups is 2. The summed E-state index contributed by atoms with van der Waals surface area (Å²) in [5, 5.41) is 5.57. The molecule has 0 atom stereocenters. The molecule has 1 fully saturated rings. The van der Waals surface area contributed by atoms with E-state index in [1.165, 1.54) is 0 Å². The lowest BCUT2D eigenvalue weighted by Gasteiger charge is -2.25. The van der Waals surface area contributed by atoms with Gasteiger partial charge in [-0.15, -0.1) is 0 Å². The van der Waals surface area contributed by atoms with E-state index in [1.807, 2.05) is 43.9 Å². The van der Waals surface area contributed by atoms with E-state index in [9.17, 15) is 9.59 Å². The SMILES string of the molecule is CC(C)(C)Oc1cccc(NC(=O)CN2CCNC(=O)C2)c1. The number of anilines is 1. The van der Waals surface area contributed by atoms with Crippen LogP contribution in [0, 0.1) is 0 Å². The Morgan fingerprint density at radius 3 is 2.86 bits per heavy atom. The zero-order valence-electron chi connectivity index (χ0n) is 13.3. The van der Waals surface area contributed by atoms with Crippen LogP contribution in [-0.2, 0) is 9.59 Å². The van der Waals surface area contributed by atoms with Gasteiger partial charge in [-0.1, -0.05) is 6.07 Å². The number of rotatable bonds is 4. The van der Waals surface area contributed by atoms with Crippen LogP contribution in [0.1, 0.15) is 20.8 Å². The van der Waals surface area contributed by atoms with Crippen molar-refractivity contribution in [1.29, 1.82) is 0 Å². The topological polar surface area (TPSA) is 70.7 Å². The van der Waals surface area contributed by atoms with Crippen LogP contribution in [0.25, 0.3) is 0 Å². The van der Waals surface area contributed by atoms with E-state index < -0.39 is 0 Å². The van der Waals surface area contributed by atoms with Gasteiger partial charge in [0, 0.05) is 24.8 Å². The first-order valence-corrected chi connectivity index (χ1v) is 7.40. The average Bonchev–Trinajstić information content (AvgIpc) is 2.36. The minimum Gasteiger partial charge on any atom is -0.488 e. The predicted octanol–water partition coefficient (Wildman–Crippen LogP) is 1.23. The molecule has 1 heterocycles. The fourth-order valence-corrected chi connectivity index (χ4v) is 2.22. The highest BCUT2D eigenvalue weighted by Crippen LogP contribution is 2.21. The molecule has 0 radical (unpaired) electrons. The molecule has 0 aromatic heterocycles. The molecule has 0 bridgehead atoms. The zero-order chi connectivity index (χ0) is 16.2. The number of hydrogen-bond acceptors (Lipinski definition) is 4. The van der Waals surface area contributed by atoms with Gasteiger partial charge >= 0.3 is 0 Å². The highest BCUT2D eigenvalue weighted by molar-refractivity contribution is 5.92. The number of nitrogens with zero attached hydrogens (tertiary/aromatic N) is 1. The van der Waals surface area contributed by atoms with Crippen LogP contribution in [-0.4, -0.2) is 48.5 Å². The Bertz CT molecular complexity index is 552. The van der Waals surface area contributed by atoms with Crippen molar-refractivity contribution < 1.29 is 14.3 Å². The predicted molar refractivity (Wildman–Crippen MR) is 84.9 cm³/mol. The van der Waals surface area contributed by atoms with Gasteiger partial charge in [-0.05, 0) is 32.9 Å². The summed E-state index contributed by atoms with van der Waals surface area (Å²) >= 11 is 0. The summed E-state index contributed by atoms with van der Waals surface area (Å²) in [7, 11) is 0. The summed E-state index contributed by atoms with van der Waals surface area (Å²) in [5.74, 6) is 0.532. The highest BCUT2D eigenvalue weighted by atomic mass is 16.5. The molecule has 1 saturated heterocycles. The molecule has 22 heavy (non-hydrogen) atoms. The Morgan fingerprint density at radius 2 is 2.18 bits per heavy atom. The molecule has 1 aromatic carbocycles. The van der Waals surface area contributed by atoms with Crippen molar-refractivity contribution >= 4 is 17.5 Å². The minimum absolute atomic E-state index is 0.0420. The van der Waals surface area contributed by atoms with Crippen molar-refractivity contribution in [3.8, 4) is 5.75 Å². The molecule has 1 aliphatic heterocycles. The van der Waals surface area contributed by atoms with Gasteiger partial charge in [0.15, 0.2) is 0 Å². The van der Waals surface area contributed by atoms with Crippen molar-refractivity contribution in [3.05, 3.63) is 24.3 Å². The maximum absolute atomic E-state index is 12.1. The van der Waals surface area contributed by atoms with Crippen LogP contribution in [0.3, 0.4) is 0 Å². The third-order valence-corrected chi connectivity index (χ3v) is 3.03. The molecular formula is C16H23N3O3. The molecule has 2 N–H and O–H groups in total. The monoisotopic (exact) mass is 305 g/mol. The van der Waals surface area contributed by atoms with Gasteiger partial charge < -0.3 is 15.4 Å². The second-order valence-electron chi connectivity index (χ2n) is 6.35. The van der Waals surface area contributed by atoms with Crippen LogP contribution < -0.4 is 15.4 Å². The van der Waals surface area contributed by atoms with E-state index >= 15 is 0 Å². The molecule has 1 aliphatic rings. The van der Waals surface area contributed by atoms with Crippen molar-refractivity contribution in [3.63, 3.8) is 0 Å². The molecule has 120 valence electrons. The van der Waals surface area contributed by atoms with Crippen LogP contribution in [0.15, 0.2) is 24.3 Å². The first kappa shape index (κ1) is 16.3. The lowest BCUT2D eigenvalue weighted by molar-refractivity contribution is -0.125. The van der Waals surface area contributed by atoms with E-state index in [2.05, 4.69) is 10.6 Å². The third-order valence-electron chi connectivity index (χ3n) is 3.03. The van der Waals surface area contributed by atoms with Gasteiger partial charge in [-0.3, -0.25) is 14.5 Å². The molecule has 2 amide bonds. The van der Waals surface area contributed by atoms with Crippen LogP contribution in [0.2, 0.25) is 0 Å². The largest absolute Gasteiger partial charge is 0.488 e. The van der Waals surface area contributed by atoms with Gasteiger partial charge in [0.2, 0.25) is 11.8 Å². The average molecular weight is 305 g/mol. The molecule has 1 aromatic rings. The molecule has 6 heteroatoms. The number of hydrogen-bond donors (Lipinski definition) is 2. The summed E-state index contributed by atoms with van der Waals surface area (Å²) in [4.78, 5) is 25.2. The molecule has 0 unspecified atom stereocenters. The fraction of sp³-hybridized carbons (Fsp3) is 0.500. The van der Waals surface area contributed by atoms with Crippen molar-refractivity contribution in [1.82, 2.24) is 10.2 Å². The maximum Gasteiger partial charge on any atom is 0.238 e. The lowest BCUT2D eigenvalue weighted by atomic mass is 10.2. The van der Waals surface area contributed by atoms with E-state index in [1.54, 1.807) is 6.07 Å². The quantitative estimate of drug-likeness (QED) is 0.878. The smallest absolute Gasteiger partial charge is 0.238 e. The zero-order valence-corrected chi connectivity index (χ0v) is 13.3. The Morgan fingerprint density at radius 1 is 1.41 bits per heavy atom. The van der Waals surface area contributed by atoms with Crippen LogP contribution in [0.5, 0.6) is 5.75 Å². The first-order chi connectivity index (χ1) is 10.3. The van der Waals surface area contributed by atoms with E-state index in [-0.39, 0.29) is 30.5 Å². The van der Waals surface area contributed by atoms with E-state index in [4.69, 9.17) is 4.74 Å². The molecule has 6 nitrogen and oxygen atoms in total. The summed E-state index contributed by atoms with van der Waals surface area (Å²) < 4.78 is 5.77.